The molecule has 0 radical (unpaired) electrons. The van der Waals surface area contributed by atoms with E-state index in [0.717, 1.165) is 10.6 Å². The van der Waals surface area contributed by atoms with E-state index in [4.69, 9.17) is 34.8 Å². The number of aromatic nitrogens is 1. The van der Waals surface area contributed by atoms with Crippen molar-refractivity contribution in [1.29, 1.82) is 5.26 Å². The zero-order valence-corrected chi connectivity index (χ0v) is 16.6. The number of carbonyl (C=O) groups excluding carboxylic acids is 1. The van der Waals surface area contributed by atoms with Crippen molar-refractivity contribution in [1.82, 2.24) is 4.98 Å². The van der Waals surface area contributed by atoms with Gasteiger partial charge in [0.2, 0.25) is 0 Å². The number of rotatable bonds is 4. The fourth-order valence-electron chi connectivity index (χ4n) is 2.20. The molecule has 3 aromatic rings. The van der Waals surface area contributed by atoms with Gasteiger partial charge in [0.15, 0.2) is 0 Å². The van der Waals surface area contributed by atoms with Crippen LogP contribution >= 0.6 is 46.1 Å². The predicted octanol–water partition coefficient (Wildman–Crippen LogP) is 6.32. The number of anilines is 1. The maximum absolute atomic E-state index is 12.4. The molecule has 1 heterocycles. The molecule has 134 valence electrons. The Bertz CT molecular complexity index is 1050. The lowest BCUT2D eigenvalue weighted by Gasteiger charge is -2.05. The third kappa shape index (κ3) is 5.09. The topological polar surface area (TPSA) is 65.8 Å². The summed E-state index contributed by atoms with van der Waals surface area (Å²) in [5.41, 5.74) is 1.74. The first-order valence-corrected chi connectivity index (χ1v) is 9.56. The molecule has 0 unspecified atom stereocenters. The zero-order valence-electron chi connectivity index (χ0n) is 13.5. The minimum atomic E-state index is -0.572. The van der Waals surface area contributed by atoms with Crippen LogP contribution in [0.25, 0.3) is 16.6 Å². The second kappa shape index (κ2) is 8.55. The third-order valence-corrected chi connectivity index (χ3v) is 4.99. The van der Waals surface area contributed by atoms with Gasteiger partial charge in [-0.25, -0.2) is 4.98 Å². The van der Waals surface area contributed by atoms with Crippen LogP contribution in [0.5, 0.6) is 0 Å². The van der Waals surface area contributed by atoms with Crippen LogP contribution in [0.15, 0.2) is 53.4 Å². The number of benzene rings is 2. The van der Waals surface area contributed by atoms with Crippen LogP contribution in [0.4, 0.5) is 5.69 Å². The van der Waals surface area contributed by atoms with Crippen molar-refractivity contribution in [2.24, 2.45) is 0 Å². The van der Waals surface area contributed by atoms with Gasteiger partial charge in [0, 0.05) is 31.7 Å². The maximum Gasteiger partial charge on any atom is 0.266 e. The zero-order chi connectivity index (χ0) is 19.4. The molecule has 1 N–H and O–H groups in total. The SMILES string of the molecule is N#C/C(=C\c1csc(-c2ccc(Cl)cc2)n1)C(=O)Nc1cc(Cl)cc(Cl)c1. The second-order valence-corrected chi connectivity index (χ2v) is 7.53. The molecule has 4 nitrogen and oxygen atoms in total. The van der Waals surface area contributed by atoms with Crippen LogP contribution in [-0.2, 0) is 4.79 Å². The number of nitrogens with one attached hydrogen (secondary N) is 1. The highest BCUT2D eigenvalue weighted by Gasteiger charge is 2.12. The minimum absolute atomic E-state index is 0.0842. The van der Waals surface area contributed by atoms with Crippen molar-refractivity contribution in [2.75, 3.05) is 5.32 Å². The second-order valence-electron chi connectivity index (χ2n) is 5.37. The molecule has 27 heavy (non-hydrogen) atoms. The van der Waals surface area contributed by atoms with Crippen LogP contribution in [0.1, 0.15) is 5.69 Å². The van der Waals surface area contributed by atoms with Gasteiger partial charge in [-0.1, -0.05) is 46.9 Å². The number of hydrogen-bond acceptors (Lipinski definition) is 4. The Hall–Kier alpha value is -2.36. The highest BCUT2D eigenvalue weighted by atomic mass is 35.5. The molecule has 2 aromatic carbocycles. The molecule has 0 spiro atoms. The summed E-state index contributed by atoms with van der Waals surface area (Å²) in [4.78, 5) is 16.8. The summed E-state index contributed by atoms with van der Waals surface area (Å²) >= 11 is 19.1. The monoisotopic (exact) mass is 433 g/mol. The van der Waals surface area contributed by atoms with Crippen LogP contribution in [0.2, 0.25) is 15.1 Å². The molecule has 0 fully saturated rings. The van der Waals surface area contributed by atoms with E-state index in [-0.39, 0.29) is 5.57 Å². The van der Waals surface area contributed by atoms with Crippen molar-refractivity contribution in [3.63, 3.8) is 0 Å². The smallest absolute Gasteiger partial charge is 0.266 e. The van der Waals surface area contributed by atoms with E-state index in [9.17, 15) is 10.1 Å². The molecule has 0 aliphatic heterocycles. The first-order chi connectivity index (χ1) is 12.9. The highest BCUT2D eigenvalue weighted by molar-refractivity contribution is 7.13. The number of thiazole rings is 1. The Balaban J connectivity index is 1.80. The number of halogens is 3. The first-order valence-electron chi connectivity index (χ1n) is 7.55. The summed E-state index contributed by atoms with van der Waals surface area (Å²) in [6.45, 7) is 0. The average Bonchev–Trinajstić information content (AvgIpc) is 3.08. The molecular weight excluding hydrogens is 425 g/mol. The van der Waals surface area contributed by atoms with Gasteiger partial charge in [-0.2, -0.15) is 5.26 Å². The van der Waals surface area contributed by atoms with E-state index < -0.39 is 5.91 Å². The molecule has 0 aliphatic carbocycles. The molecule has 0 saturated carbocycles. The number of hydrogen-bond donors (Lipinski definition) is 1. The molecule has 1 aromatic heterocycles. The number of amides is 1. The lowest BCUT2D eigenvalue weighted by molar-refractivity contribution is -0.112. The molecule has 0 saturated heterocycles. The molecule has 0 aliphatic rings. The van der Waals surface area contributed by atoms with Gasteiger partial charge >= 0.3 is 0 Å². The predicted molar refractivity (Wildman–Crippen MR) is 111 cm³/mol. The van der Waals surface area contributed by atoms with Crippen molar-refractivity contribution in [3.8, 4) is 16.6 Å². The first kappa shape index (κ1) is 19.4. The third-order valence-electron chi connectivity index (χ3n) is 3.39. The van der Waals surface area contributed by atoms with Gasteiger partial charge in [-0.05, 0) is 36.4 Å². The lowest BCUT2D eigenvalue weighted by Crippen LogP contribution is -2.13. The van der Waals surface area contributed by atoms with Gasteiger partial charge < -0.3 is 5.32 Å². The summed E-state index contributed by atoms with van der Waals surface area (Å²) in [7, 11) is 0. The van der Waals surface area contributed by atoms with Crippen LogP contribution in [-0.4, -0.2) is 10.9 Å². The Morgan fingerprint density at radius 1 is 1.07 bits per heavy atom. The molecule has 0 atom stereocenters. The standard InChI is InChI=1S/C19H10Cl3N3OS/c20-13-3-1-11(2-4-13)19-25-17(10-27-19)5-12(9-23)18(26)24-16-7-14(21)6-15(22)8-16/h1-8,10H,(H,24,26)/b12-5+. The van der Waals surface area contributed by atoms with Gasteiger partial charge in [0.1, 0.15) is 16.6 Å². The summed E-state index contributed by atoms with van der Waals surface area (Å²) in [5, 5.41) is 15.9. The van der Waals surface area contributed by atoms with E-state index in [0.29, 0.717) is 26.4 Å². The fourth-order valence-corrected chi connectivity index (χ4v) is 3.63. The van der Waals surface area contributed by atoms with Gasteiger partial charge in [0.05, 0.1) is 5.69 Å². The van der Waals surface area contributed by atoms with E-state index in [2.05, 4.69) is 10.3 Å². The van der Waals surface area contributed by atoms with Gasteiger partial charge in [0.25, 0.3) is 5.91 Å². The van der Waals surface area contributed by atoms with Crippen LogP contribution in [0.3, 0.4) is 0 Å². The minimum Gasteiger partial charge on any atom is -0.321 e. The van der Waals surface area contributed by atoms with E-state index in [1.165, 1.54) is 17.4 Å². The summed E-state index contributed by atoms with van der Waals surface area (Å²) < 4.78 is 0. The Morgan fingerprint density at radius 3 is 2.37 bits per heavy atom. The van der Waals surface area contributed by atoms with Crippen molar-refractivity contribution in [3.05, 3.63) is 74.2 Å². The largest absolute Gasteiger partial charge is 0.321 e. The molecule has 3 rings (SSSR count). The molecule has 8 heteroatoms. The Labute approximate surface area is 174 Å². The van der Waals surface area contributed by atoms with Crippen molar-refractivity contribution < 1.29 is 4.79 Å². The Morgan fingerprint density at radius 2 is 1.74 bits per heavy atom. The summed E-state index contributed by atoms with van der Waals surface area (Å²) in [5.74, 6) is -0.572. The maximum atomic E-state index is 12.4. The highest BCUT2D eigenvalue weighted by Crippen LogP contribution is 2.26. The number of carbonyl (C=O) groups is 1. The lowest BCUT2D eigenvalue weighted by atomic mass is 10.2. The number of nitriles is 1. The summed E-state index contributed by atoms with van der Waals surface area (Å²) in [6.07, 6.45) is 1.43. The van der Waals surface area contributed by atoms with E-state index in [1.54, 1.807) is 35.7 Å². The van der Waals surface area contributed by atoms with E-state index >= 15 is 0 Å². The number of nitrogens with zero attached hydrogens (tertiary/aromatic N) is 2. The molecule has 0 bridgehead atoms. The van der Waals surface area contributed by atoms with E-state index in [1.807, 2.05) is 18.2 Å². The quantitative estimate of drug-likeness (QED) is 0.386. The molecule has 1 amide bonds. The van der Waals surface area contributed by atoms with Crippen LogP contribution in [0, 0.1) is 11.3 Å². The normalized spacial score (nSPS) is 11.1. The Kier molecular flexibility index (Phi) is 6.15. The van der Waals surface area contributed by atoms with Crippen molar-refractivity contribution >= 4 is 63.8 Å². The average molecular weight is 435 g/mol. The van der Waals surface area contributed by atoms with Gasteiger partial charge in [-0.3, -0.25) is 4.79 Å². The van der Waals surface area contributed by atoms with Crippen molar-refractivity contribution in [2.45, 2.75) is 0 Å². The van der Waals surface area contributed by atoms with Crippen LogP contribution < -0.4 is 5.32 Å². The fraction of sp³-hybridized carbons (Fsp3) is 0. The summed E-state index contributed by atoms with van der Waals surface area (Å²) in [6, 6.07) is 13.8. The van der Waals surface area contributed by atoms with Gasteiger partial charge in [-0.15, -0.1) is 11.3 Å². The molecular formula is C19H10Cl3N3OS.